The number of halogens is 1. The normalized spacial score (nSPS) is 13.8. The second-order valence-corrected chi connectivity index (χ2v) is 4.65. The standard InChI is InChI=1S/C9H19Cl/c1-6-9(10,7-2)8(3,4)5/h6-7H2,1-5H3. The Morgan fingerprint density at radius 2 is 1.30 bits per heavy atom. The molecular weight excluding hydrogens is 144 g/mol. The lowest BCUT2D eigenvalue weighted by Gasteiger charge is -2.38. The van der Waals surface area contributed by atoms with E-state index in [4.69, 9.17) is 11.6 Å². The first-order valence-electron chi connectivity index (χ1n) is 4.06. The number of rotatable bonds is 2. The maximum Gasteiger partial charge on any atom is 0.0489 e. The van der Waals surface area contributed by atoms with E-state index < -0.39 is 0 Å². The van der Waals surface area contributed by atoms with Crippen molar-refractivity contribution in [2.75, 3.05) is 0 Å². The zero-order valence-corrected chi connectivity index (χ0v) is 8.55. The van der Waals surface area contributed by atoms with E-state index in [2.05, 4.69) is 34.6 Å². The summed E-state index contributed by atoms with van der Waals surface area (Å²) in [6.07, 6.45) is 2.10. The molecule has 0 N–H and O–H groups in total. The lowest BCUT2D eigenvalue weighted by atomic mass is 9.77. The van der Waals surface area contributed by atoms with Crippen molar-refractivity contribution in [1.82, 2.24) is 0 Å². The van der Waals surface area contributed by atoms with E-state index in [1.165, 1.54) is 0 Å². The Morgan fingerprint density at radius 3 is 1.30 bits per heavy atom. The molecule has 0 aromatic rings. The van der Waals surface area contributed by atoms with Gasteiger partial charge in [-0.05, 0) is 18.3 Å². The van der Waals surface area contributed by atoms with Gasteiger partial charge in [0.15, 0.2) is 0 Å². The van der Waals surface area contributed by atoms with Crippen LogP contribution < -0.4 is 0 Å². The minimum atomic E-state index is -0.00694. The van der Waals surface area contributed by atoms with Crippen LogP contribution in [0.2, 0.25) is 0 Å². The molecule has 0 aliphatic carbocycles. The van der Waals surface area contributed by atoms with Crippen LogP contribution in [0.4, 0.5) is 0 Å². The molecule has 0 atom stereocenters. The third-order valence-electron chi connectivity index (χ3n) is 2.46. The maximum atomic E-state index is 6.38. The quantitative estimate of drug-likeness (QED) is 0.542. The lowest BCUT2D eigenvalue weighted by molar-refractivity contribution is 0.257. The predicted molar refractivity (Wildman–Crippen MR) is 48.6 cm³/mol. The Kier molecular flexibility index (Phi) is 3.22. The van der Waals surface area contributed by atoms with E-state index in [1.54, 1.807) is 0 Å². The van der Waals surface area contributed by atoms with Crippen molar-refractivity contribution in [1.29, 1.82) is 0 Å². The molecule has 0 fully saturated rings. The molecule has 0 bridgehead atoms. The third-order valence-corrected chi connectivity index (χ3v) is 3.57. The highest BCUT2D eigenvalue weighted by molar-refractivity contribution is 6.24. The molecule has 0 rings (SSSR count). The Bertz CT molecular complexity index is 95.8. The van der Waals surface area contributed by atoms with Gasteiger partial charge in [-0.3, -0.25) is 0 Å². The second-order valence-electron chi connectivity index (χ2n) is 3.92. The van der Waals surface area contributed by atoms with Gasteiger partial charge in [-0.15, -0.1) is 11.6 Å². The molecule has 0 saturated heterocycles. The zero-order valence-electron chi connectivity index (χ0n) is 7.79. The molecule has 0 aliphatic heterocycles. The van der Waals surface area contributed by atoms with Gasteiger partial charge in [0.2, 0.25) is 0 Å². The highest BCUT2D eigenvalue weighted by Gasteiger charge is 2.36. The van der Waals surface area contributed by atoms with Gasteiger partial charge < -0.3 is 0 Å². The van der Waals surface area contributed by atoms with Gasteiger partial charge in [0.25, 0.3) is 0 Å². The van der Waals surface area contributed by atoms with Crippen molar-refractivity contribution in [3.8, 4) is 0 Å². The topological polar surface area (TPSA) is 0 Å². The maximum absolute atomic E-state index is 6.38. The molecule has 0 radical (unpaired) electrons. The third kappa shape index (κ3) is 1.88. The second kappa shape index (κ2) is 3.13. The van der Waals surface area contributed by atoms with Crippen LogP contribution in [0.3, 0.4) is 0 Å². The average molecular weight is 163 g/mol. The monoisotopic (exact) mass is 162 g/mol. The molecular formula is C9H19Cl. The SMILES string of the molecule is CCC(Cl)(CC)C(C)(C)C. The first-order valence-corrected chi connectivity index (χ1v) is 4.44. The first kappa shape index (κ1) is 10.3. The van der Waals surface area contributed by atoms with Gasteiger partial charge in [-0.1, -0.05) is 34.6 Å². The van der Waals surface area contributed by atoms with Crippen LogP contribution in [-0.4, -0.2) is 4.87 Å². The van der Waals surface area contributed by atoms with E-state index >= 15 is 0 Å². The fourth-order valence-electron chi connectivity index (χ4n) is 1.31. The molecule has 0 heterocycles. The van der Waals surface area contributed by atoms with E-state index in [0.29, 0.717) is 0 Å². The highest BCUT2D eigenvalue weighted by Crippen LogP contribution is 2.41. The largest absolute Gasteiger partial charge is 0.119 e. The summed E-state index contributed by atoms with van der Waals surface area (Å²) in [5.41, 5.74) is 0.220. The van der Waals surface area contributed by atoms with Gasteiger partial charge in [0.05, 0.1) is 0 Å². The summed E-state index contributed by atoms with van der Waals surface area (Å²) in [5, 5.41) is 0. The summed E-state index contributed by atoms with van der Waals surface area (Å²) in [7, 11) is 0. The number of alkyl halides is 1. The summed E-state index contributed by atoms with van der Waals surface area (Å²) < 4.78 is 0. The van der Waals surface area contributed by atoms with Crippen molar-refractivity contribution in [3.05, 3.63) is 0 Å². The van der Waals surface area contributed by atoms with Crippen LogP contribution in [0, 0.1) is 5.41 Å². The molecule has 0 nitrogen and oxygen atoms in total. The van der Waals surface area contributed by atoms with Crippen LogP contribution in [0.25, 0.3) is 0 Å². The van der Waals surface area contributed by atoms with Crippen molar-refractivity contribution in [2.24, 2.45) is 5.41 Å². The van der Waals surface area contributed by atoms with Crippen molar-refractivity contribution in [2.45, 2.75) is 52.3 Å². The summed E-state index contributed by atoms with van der Waals surface area (Å²) in [5.74, 6) is 0. The van der Waals surface area contributed by atoms with Gasteiger partial charge in [-0.2, -0.15) is 0 Å². The molecule has 62 valence electrons. The Hall–Kier alpha value is 0.290. The van der Waals surface area contributed by atoms with E-state index in [9.17, 15) is 0 Å². The van der Waals surface area contributed by atoms with E-state index in [-0.39, 0.29) is 10.3 Å². The van der Waals surface area contributed by atoms with Gasteiger partial charge in [0.1, 0.15) is 0 Å². The van der Waals surface area contributed by atoms with Gasteiger partial charge in [-0.25, -0.2) is 0 Å². The minimum Gasteiger partial charge on any atom is -0.119 e. The van der Waals surface area contributed by atoms with Crippen LogP contribution in [0.1, 0.15) is 47.5 Å². The van der Waals surface area contributed by atoms with Crippen molar-refractivity contribution in [3.63, 3.8) is 0 Å². The molecule has 0 aromatic heterocycles. The number of hydrogen-bond acceptors (Lipinski definition) is 0. The van der Waals surface area contributed by atoms with Crippen molar-refractivity contribution >= 4 is 11.6 Å². The summed E-state index contributed by atoms with van der Waals surface area (Å²) in [4.78, 5) is -0.00694. The first-order chi connectivity index (χ1) is 4.37. The molecule has 1 heteroatoms. The van der Waals surface area contributed by atoms with Crippen LogP contribution in [0.15, 0.2) is 0 Å². The zero-order chi connectivity index (χ0) is 8.41. The Balaban J connectivity index is 4.33. The average Bonchev–Trinajstić information content (AvgIpc) is 1.84. The van der Waals surface area contributed by atoms with Crippen molar-refractivity contribution < 1.29 is 0 Å². The molecule has 0 amide bonds. The fourth-order valence-corrected chi connectivity index (χ4v) is 1.31. The van der Waals surface area contributed by atoms with E-state index in [0.717, 1.165) is 12.8 Å². The molecule has 0 aromatic carbocycles. The lowest BCUT2D eigenvalue weighted by Crippen LogP contribution is -2.35. The molecule has 10 heavy (non-hydrogen) atoms. The predicted octanol–water partition coefficient (Wildman–Crippen LogP) is 3.83. The van der Waals surface area contributed by atoms with Crippen LogP contribution in [-0.2, 0) is 0 Å². The van der Waals surface area contributed by atoms with E-state index in [1.807, 2.05) is 0 Å². The molecule has 0 spiro atoms. The highest BCUT2D eigenvalue weighted by atomic mass is 35.5. The summed E-state index contributed by atoms with van der Waals surface area (Å²) in [6, 6.07) is 0. The Morgan fingerprint density at radius 1 is 1.00 bits per heavy atom. The smallest absolute Gasteiger partial charge is 0.0489 e. The van der Waals surface area contributed by atoms with Crippen LogP contribution in [0.5, 0.6) is 0 Å². The molecule has 0 unspecified atom stereocenters. The minimum absolute atomic E-state index is 0.00694. The fraction of sp³-hybridized carbons (Fsp3) is 1.00. The van der Waals surface area contributed by atoms with Crippen LogP contribution >= 0.6 is 11.6 Å². The number of hydrogen-bond donors (Lipinski definition) is 0. The van der Waals surface area contributed by atoms with Gasteiger partial charge in [0, 0.05) is 4.87 Å². The molecule has 0 saturated carbocycles. The Labute approximate surface area is 70.0 Å². The summed E-state index contributed by atoms with van der Waals surface area (Å²) in [6.45, 7) is 10.9. The molecule has 0 aliphatic rings. The van der Waals surface area contributed by atoms with Gasteiger partial charge >= 0.3 is 0 Å². The summed E-state index contributed by atoms with van der Waals surface area (Å²) >= 11 is 6.38.